The molecule has 3 aliphatic rings. The third kappa shape index (κ3) is 4.81. The van der Waals surface area contributed by atoms with Gasteiger partial charge in [0.05, 0.1) is 37.7 Å². The number of carbonyl (C=O) groups excluding carboxylic acids is 1. The molecule has 6 nitrogen and oxygen atoms in total. The van der Waals surface area contributed by atoms with E-state index >= 15 is 4.39 Å². The van der Waals surface area contributed by atoms with E-state index in [2.05, 4.69) is 31.0 Å². The fourth-order valence-electron chi connectivity index (χ4n) is 6.59. The van der Waals surface area contributed by atoms with Gasteiger partial charge in [0.25, 0.3) is 0 Å². The standard InChI is InChI=1S/C35H33FN2O4/c1-19-12-22(30-17-37-29(16-38-30)21-4-5-21)13-20(2)34(19)26-8-10-28(36)35-27(26)9-11-31(35)42-24-6-7-25-23(14-33(39)40-3)18-41-32(25)15-24/h6-8,10,12-13,15-17,21,23,31H,4-5,9,11,14,18H2,1-3H3. The van der Waals surface area contributed by atoms with Gasteiger partial charge in [0.2, 0.25) is 0 Å². The Morgan fingerprint density at radius 3 is 2.55 bits per heavy atom. The van der Waals surface area contributed by atoms with Gasteiger partial charge in [-0.1, -0.05) is 12.1 Å². The molecule has 2 heterocycles. The van der Waals surface area contributed by atoms with Crippen molar-refractivity contribution in [2.24, 2.45) is 0 Å². The second kappa shape index (κ2) is 10.5. The van der Waals surface area contributed by atoms with Crippen molar-refractivity contribution in [1.82, 2.24) is 9.97 Å². The fraction of sp³-hybridized carbons (Fsp3) is 0.343. The summed E-state index contributed by atoms with van der Waals surface area (Å²) >= 11 is 0. The van der Waals surface area contributed by atoms with Gasteiger partial charge >= 0.3 is 5.97 Å². The van der Waals surface area contributed by atoms with E-state index in [1.165, 1.54) is 20.0 Å². The zero-order chi connectivity index (χ0) is 29.0. The lowest BCUT2D eigenvalue weighted by atomic mass is 9.88. The Morgan fingerprint density at radius 2 is 1.83 bits per heavy atom. The average Bonchev–Trinajstić information content (AvgIpc) is 3.65. The largest absolute Gasteiger partial charge is 0.492 e. The number of aromatic nitrogens is 2. The van der Waals surface area contributed by atoms with E-state index in [0.29, 0.717) is 36.0 Å². The van der Waals surface area contributed by atoms with Crippen LogP contribution in [-0.4, -0.2) is 29.7 Å². The maximum atomic E-state index is 15.4. The SMILES string of the molecule is COC(=O)CC1COc2cc(OC3CCc4c(-c5c(C)cc(-c6cnc(C7CC7)cn6)cc5C)ccc(F)c43)ccc21. The zero-order valence-corrected chi connectivity index (χ0v) is 24.1. The molecule has 0 spiro atoms. The predicted octanol–water partition coefficient (Wildman–Crippen LogP) is 7.55. The highest BCUT2D eigenvalue weighted by Crippen LogP contribution is 2.45. The number of esters is 1. The van der Waals surface area contributed by atoms with Gasteiger partial charge in [-0.3, -0.25) is 14.8 Å². The summed E-state index contributed by atoms with van der Waals surface area (Å²) in [5.41, 5.74) is 10.00. The molecule has 1 aromatic heterocycles. The van der Waals surface area contributed by atoms with Crippen molar-refractivity contribution in [3.8, 4) is 33.9 Å². The van der Waals surface area contributed by atoms with Crippen LogP contribution in [0.2, 0.25) is 0 Å². The van der Waals surface area contributed by atoms with E-state index in [1.54, 1.807) is 6.07 Å². The first-order valence-electron chi connectivity index (χ1n) is 14.6. The minimum absolute atomic E-state index is 0.0410. The van der Waals surface area contributed by atoms with Gasteiger partial charge < -0.3 is 14.2 Å². The lowest BCUT2D eigenvalue weighted by Crippen LogP contribution is -2.09. The lowest BCUT2D eigenvalue weighted by molar-refractivity contribution is -0.141. The van der Waals surface area contributed by atoms with Crippen molar-refractivity contribution in [2.45, 2.75) is 63.9 Å². The minimum atomic E-state index is -0.398. The van der Waals surface area contributed by atoms with Crippen LogP contribution in [0.4, 0.5) is 4.39 Å². The van der Waals surface area contributed by atoms with Crippen LogP contribution in [0.3, 0.4) is 0 Å². The number of ether oxygens (including phenoxy) is 3. The molecule has 3 aromatic carbocycles. The van der Waals surface area contributed by atoms with E-state index in [-0.39, 0.29) is 24.1 Å². The summed E-state index contributed by atoms with van der Waals surface area (Å²) < 4.78 is 32.4. The Balaban J connectivity index is 1.15. The number of methoxy groups -OCH3 is 1. The van der Waals surface area contributed by atoms with Crippen LogP contribution in [0.15, 0.2) is 54.9 Å². The average molecular weight is 565 g/mol. The molecular weight excluding hydrogens is 531 g/mol. The Bertz CT molecular complexity index is 1670. The molecule has 0 radical (unpaired) electrons. The van der Waals surface area contributed by atoms with Gasteiger partial charge in [0.1, 0.15) is 23.4 Å². The Kier molecular flexibility index (Phi) is 6.68. The highest BCUT2D eigenvalue weighted by Gasteiger charge is 2.32. The molecule has 2 unspecified atom stereocenters. The number of hydrogen-bond donors (Lipinski definition) is 0. The van der Waals surface area contributed by atoms with E-state index in [9.17, 15) is 4.79 Å². The van der Waals surface area contributed by atoms with Crippen LogP contribution in [-0.2, 0) is 16.0 Å². The first-order chi connectivity index (χ1) is 20.4. The second-order valence-corrected chi connectivity index (χ2v) is 11.7. The zero-order valence-electron chi connectivity index (χ0n) is 24.1. The number of rotatable bonds is 7. The minimum Gasteiger partial charge on any atom is -0.492 e. The van der Waals surface area contributed by atoms with E-state index in [4.69, 9.17) is 19.2 Å². The van der Waals surface area contributed by atoms with E-state index in [1.807, 2.05) is 36.7 Å². The Morgan fingerprint density at radius 1 is 1.02 bits per heavy atom. The maximum Gasteiger partial charge on any atom is 0.306 e. The van der Waals surface area contributed by atoms with Crippen molar-refractivity contribution in [2.75, 3.05) is 13.7 Å². The normalized spacial score (nSPS) is 18.8. The highest BCUT2D eigenvalue weighted by atomic mass is 19.1. The van der Waals surface area contributed by atoms with Crippen molar-refractivity contribution in [3.63, 3.8) is 0 Å². The molecule has 2 aliphatic carbocycles. The summed E-state index contributed by atoms with van der Waals surface area (Å²) in [5.74, 6) is 1.35. The number of nitrogens with zero attached hydrogens (tertiary/aromatic N) is 2. The first-order valence-corrected chi connectivity index (χ1v) is 14.6. The van der Waals surface area contributed by atoms with Crippen LogP contribution < -0.4 is 9.47 Å². The maximum absolute atomic E-state index is 15.4. The molecule has 214 valence electrons. The van der Waals surface area contributed by atoms with Crippen molar-refractivity contribution in [1.29, 1.82) is 0 Å². The van der Waals surface area contributed by atoms with Gasteiger partial charge in [0.15, 0.2) is 0 Å². The lowest BCUT2D eigenvalue weighted by Gasteiger charge is -2.19. The molecule has 4 aromatic rings. The Hall–Kier alpha value is -4.26. The molecule has 0 saturated heterocycles. The number of hydrogen-bond acceptors (Lipinski definition) is 6. The van der Waals surface area contributed by atoms with Crippen LogP contribution in [0.5, 0.6) is 11.5 Å². The molecular formula is C35H33FN2O4. The number of fused-ring (bicyclic) bond motifs is 2. The predicted molar refractivity (Wildman–Crippen MR) is 157 cm³/mol. The Labute approximate surface area is 244 Å². The molecule has 7 heteroatoms. The molecule has 0 bridgehead atoms. The quantitative estimate of drug-likeness (QED) is 0.216. The van der Waals surface area contributed by atoms with Crippen LogP contribution in [0.1, 0.15) is 77.1 Å². The molecule has 0 N–H and O–H groups in total. The van der Waals surface area contributed by atoms with E-state index in [0.717, 1.165) is 56.8 Å². The molecule has 2 atom stereocenters. The van der Waals surface area contributed by atoms with Crippen molar-refractivity contribution >= 4 is 5.97 Å². The number of benzene rings is 3. The molecule has 1 saturated carbocycles. The summed E-state index contributed by atoms with van der Waals surface area (Å²) in [4.78, 5) is 21.1. The second-order valence-electron chi connectivity index (χ2n) is 11.7. The van der Waals surface area contributed by atoms with E-state index < -0.39 is 6.10 Å². The van der Waals surface area contributed by atoms with Crippen LogP contribution in [0, 0.1) is 19.7 Å². The topological polar surface area (TPSA) is 70.5 Å². The third-order valence-electron chi connectivity index (χ3n) is 8.83. The van der Waals surface area contributed by atoms with Gasteiger partial charge in [-0.15, -0.1) is 0 Å². The first kappa shape index (κ1) is 26.6. The number of carbonyl (C=O) groups is 1. The van der Waals surface area contributed by atoms with Crippen molar-refractivity contribution in [3.05, 3.63) is 94.2 Å². The van der Waals surface area contributed by atoms with Crippen LogP contribution >= 0.6 is 0 Å². The summed E-state index contributed by atoms with van der Waals surface area (Å²) in [6, 6.07) is 13.4. The summed E-state index contributed by atoms with van der Waals surface area (Å²) in [5, 5.41) is 0. The fourth-order valence-corrected chi connectivity index (χ4v) is 6.59. The van der Waals surface area contributed by atoms with Gasteiger partial charge in [0, 0.05) is 40.8 Å². The molecule has 7 rings (SSSR count). The molecule has 1 aliphatic heterocycles. The van der Waals surface area contributed by atoms with Gasteiger partial charge in [-0.2, -0.15) is 0 Å². The summed E-state index contributed by atoms with van der Waals surface area (Å²) in [7, 11) is 1.39. The summed E-state index contributed by atoms with van der Waals surface area (Å²) in [6.07, 6.45) is 7.48. The number of halogens is 1. The molecule has 0 amide bonds. The van der Waals surface area contributed by atoms with Crippen molar-refractivity contribution < 1.29 is 23.4 Å². The number of aryl methyl sites for hydroxylation is 2. The molecule has 1 fully saturated rings. The molecule has 42 heavy (non-hydrogen) atoms. The van der Waals surface area contributed by atoms with Gasteiger partial charge in [-0.05, 0) is 91.6 Å². The van der Waals surface area contributed by atoms with Gasteiger partial charge in [-0.25, -0.2) is 4.39 Å². The van der Waals surface area contributed by atoms with Crippen LogP contribution in [0.25, 0.3) is 22.4 Å². The summed E-state index contributed by atoms with van der Waals surface area (Å²) in [6.45, 7) is 4.64. The monoisotopic (exact) mass is 564 g/mol. The smallest absolute Gasteiger partial charge is 0.306 e. The highest BCUT2D eigenvalue weighted by molar-refractivity contribution is 5.79. The third-order valence-corrected chi connectivity index (χ3v) is 8.83.